The molecule has 2 atom stereocenters. The average molecular weight is 271 g/mol. The van der Waals surface area contributed by atoms with Gasteiger partial charge in [0, 0.05) is 19.9 Å². The number of methoxy groups -OCH3 is 1. The normalized spacial score (nSPS) is 14.4. The number of nitrogens with one attached hydrogen (secondary N) is 1. The van der Waals surface area contributed by atoms with Crippen LogP contribution in [0.2, 0.25) is 5.02 Å². The van der Waals surface area contributed by atoms with Gasteiger partial charge >= 0.3 is 0 Å². The van der Waals surface area contributed by atoms with Crippen LogP contribution in [0.15, 0.2) is 18.3 Å². The summed E-state index contributed by atoms with van der Waals surface area (Å²) in [4.78, 5) is 4.43. The number of ether oxygens (including phenoxy) is 1. The van der Waals surface area contributed by atoms with E-state index in [1.807, 2.05) is 12.1 Å². The van der Waals surface area contributed by atoms with E-state index in [9.17, 15) is 0 Å². The van der Waals surface area contributed by atoms with Crippen LogP contribution in [-0.2, 0) is 4.74 Å². The third-order valence-electron chi connectivity index (χ3n) is 3.03. The molecule has 102 valence electrons. The maximum Gasteiger partial charge on any atom is 0.0589 e. The second kappa shape index (κ2) is 8.46. The molecule has 0 saturated carbocycles. The summed E-state index contributed by atoms with van der Waals surface area (Å²) in [7, 11) is 1.74. The standard InChI is InChI=1S/C14H23ClN2O/c1-4-8-16-14(11(2)7-9-18-3)13-6-5-12(15)10-17-13/h5-6,10-11,14,16H,4,7-9H2,1-3H3. The van der Waals surface area contributed by atoms with E-state index in [-0.39, 0.29) is 6.04 Å². The van der Waals surface area contributed by atoms with Crippen LogP contribution in [0.5, 0.6) is 0 Å². The zero-order valence-corrected chi connectivity index (χ0v) is 12.2. The molecule has 0 radical (unpaired) electrons. The van der Waals surface area contributed by atoms with Gasteiger partial charge in [-0.1, -0.05) is 25.4 Å². The molecule has 0 aliphatic heterocycles. The third-order valence-corrected chi connectivity index (χ3v) is 3.25. The Kier molecular flexibility index (Phi) is 7.25. The monoisotopic (exact) mass is 270 g/mol. The second-order valence-corrected chi connectivity index (χ2v) is 5.03. The smallest absolute Gasteiger partial charge is 0.0589 e. The Morgan fingerprint density at radius 2 is 2.22 bits per heavy atom. The number of hydrogen-bond acceptors (Lipinski definition) is 3. The molecule has 0 fully saturated rings. The molecule has 0 bridgehead atoms. The van der Waals surface area contributed by atoms with Gasteiger partial charge in [0.2, 0.25) is 0 Å². The van der Waals surface area contributed by atoms with E-state index in [1.165, 1.54) is 0 Å². The van der Waals surface area contributed by atoms with Gasteiger partial charge in [-0.05, 0) is 37.4 Å². The van der Waals surface area contributed by atoms with Gasteiger partial charge in [0.05, 0.1) is 16.8 Å². The van der Waals surface area contributed by atoms with Gasteiger partial charge in [-0.15, -0.1) is 0 Å². The van der Waals surface area contributed by atoms with Gasteiger partial charge in [-0.25, -0.2) is 0 Å². The predicted octanol–water partition coefficient (Wildman–Crippen LogP) is 3.45. The maximum atomic E-state index is 5.88. The first kappa shape index (κ1) is 15.4. The molecule has 1 heterocycles. The van der Waals surface area contributed by atoms with Crippen LogP contribution >= 0.6 is 11.6 Å². The minimum Gasteiger partial charge on any atom is -0.385 e. The maximum absolute atomic E-state index is 5.88. The summed E-state index contributed by atoms with van der Waals surface area (Å²) in [6.07, 6.45) is 3.84. The van der Waals surface area contributed by atoms with Crippen molar-refractivity contribution in [2.75, 3.05) is 20.3 Å². The van der Waals surface area contributed by atoms with Crippen molar-refractivity contribution in [1.29, 1.82) is 0 Å². The minimum atomic E-state index is 0.261. The Morgan fingerprint density at radius 3 is 2.78 bits per heavy atom. The van der Waals surface area contributed by atoms with Crippen molar-refractivity contribution in [3.8, 4) is 0 Å². The fraction of sp³-hybridized carbons (Fsp3) is 0.643. The van der Waals surface area contributed by atoms with Crippen LogP contribution in [0, 0.1) is 5.92 Å². The van der Waals surface area contributed by atoms with E-state index in [0.717, 1.165) is 31.7 Å². The van der Waals surface area contributed by atoms with Gasteiger partial charge in [0.1, 0.15) is 0 Å². The molecule has 0 spiro atoms. The van der Waals surface area contributed by atoms with E-state index < -0.39 is 0 Å². The molecule has 0 amide bonds. The molecule has 1 aromatic rings. The van der Waals surface area contributed by atoms with Crippen molar-refractivity contribution >= 4 is 11.6 Å². The highest BCUT2D eigenvalue weighted by Crippen LogP contribution is 2.24. The highest BCUT2D eigenvalue weighted by atomic mass is 35.5. The second-order valence-electron chi connectivity index (χ2n) is 4.59. The zero-order valence-electron chi connectivity index (χ0n) is 11.4. The van der Waals surface area contributed by atoms with Crippen molar-refractivity contribution in [1.82, 2.24) is 10.3 Å². The average Bonchev–Trinajstić information content (AvgIpc) is 2.38. The molecular formula is C14H23ClN2O. The van der Waals surface area contributed by atoms with Crippen molar-refractivity contribution in [3.05, 3.63) is 29.0 Å². The number of aromatic nitrogens is 1. The summed E-state index contributed by atoms with van der Waals surface area (Å²) >= 11 is 5.88. The van der Waals surface area contributed by atoms with Gasteiger partial charge in [-0.2, -0.15) is 0 Å². The quantitative estimate of drug-likeness (QED) is 0.786. The Bertz CT molecular complexity index is 329. The number of halogens is 1. The van der Waals surface area contributed by atoms with Crippen LogP contribution in [0.3, 0.4) is 0 Å². The summed E-state index contributed by atoms with van der Waals surface area (Å²) in [6.45, 7) is 6.16. The molecule has 0 aliphatic carbocycles. The molecule has 0 aromatic carbocycles. The minimum absolute atomic E-state index is 0.261. The number of rotatable bonds is 8. The largest absolute Gasteiger partial charge is 0.385 e. The Labute approximate surface area is 115 Å². The molecule has 4 heteroatoms. The number of hydrogen-bond donors (Lipinski definition) is 1. The molecule has 18 heavy (non-hydrogen) atoms. The van der Waals surface area contributed by atoms with E-state index in [2.05, 4.69) is 24.1 Å². The lowest BCUT2D eigenvalue weighted by Gasteiger charge is -2.24. The van der Waals surface area contributed by atoms with Gasteiger partial charge in [0.25, 0.3) is 0 Å². The van der Waals surface area contributed by atoms with E-state index in [1.54, 1.807) is 13.3 Å². The van der Waals surface area contributed by atoms with Crippen LogP contribution in [0.4, 0.5) is 0 Å². The summed E-state index contributed by atoms with van der Waals surface area (Å²) in [5, 5.41) is 4.23. The topological polar surface area (TPSA) is 34.2 Å². The van der Waals surface area contributed by atoms with Crippen LogP contribution in [-0.4, -0.2) is 25.2 Å². The summed E-state index contributed by atoms with van der Waals surface area (Å²) in [5.41, 5.74) is 1.05. The SMILES string of the molecule is CCCNC(c1ccc(Cl)cn1)C(C)CCOC. The van der Waals surface area contributed by atoms with E-state index >= 15 is 0 Å². The fourth-order valence-electron chi connectivity index (χ4n) is 1.94. The number of pyridine rings is 1. The highest BCUT2D eigenvalue weighted by Gasteiger charge is 2.19. The summed E-state index contributed by atoms with van der Waals surface area (Å²) in [6, 6.07) is 4.16. The van der Waals surface area contributed by atoms with Gasteiger partial charge in [-0.3, -0.25) is 4.98 Å². The fourth-order valence-corrected chi connectivity index (χ4v) is 2.05. The number of nitrogens with zero attached hydrogens (tertiary/aromatic N) is 1. The Hall–Kier alpha value is -0.640. The van der Waals surface area contributed by atoms with Gasteiger partial charge < -0.3 is 10.1 Å². The molecule has 1 aromatic heterocycles. The van der Waals surface area contributed by atoms with Crippen molar-refractivity contribution in [3.63, 3.8) is 0 Å². The van der Waals surface area contributed by atoms with Crippen molar-refractivity contribution in [2.24, 2.45) is 5.92 Å². The summed E-state index contributed by atoms with van der Waals surface area (Å²) in [5.74, 6) is 0.477. The molecule has 2 unspecified atom stereocenters. The lowest BCUT2D eigenvalue weighted by Crippen LogP contribution is -2.29. The first-order chi connectivity index (χ1) is 8.69. The molecule has 0 aliphatic rings. The lowest BCUT2D eigenvalue weighted by molar-refractivity contribution is 0.169. The predicted molar refractivity (Wildman–Crippen MR) is 75.9 cm³/mol. The van der Waals surface area contributed by atoms with Gasteiger partial charge in [0.15, 0.2) is 0 Å². The zero-order chi connectivity index (χ0) is 13.4. The van der Waals surface area contributed by atoms with Crippen LogP contribution in [0.25, 0.3) is 0 Å². The highest BCUT2D eigenvalue weighted by molar-refractivity contribution is 6.30. The molecule has 1 N–H and O–H groups in total. The third kappa shape index (κ3) is 4.92. The molecule has 1 rings (SSSR count). The molecular weight excluding hydrogens is 248 g/mol. The van der Waals surface area contributed by atoms with Crippen LogP contribution < -0.4 is 5.32 Å². The summed E-state index contributed by atoms with van der Waals surface area (Å²) < 4.78 is 5.15. The van der Waals surface area contributed by atoms with E-state index in [4.69, 9.17) is 16.3 Å². The Balaban J connectivity index is 2.73. The van der Waals surface area contributed by atoms with Crippen molar-refractivity contribution in [2.45, 2.75) is 32.7 Å². The van der Waals surface area contributed by atoms with E-state index in [0.29, 0.717) is 10.9 Å². The lowest BCUT2D eigenvalue weighted by atomic mass is 9.95. The first-order valence-electron chi connectivity index (χ1n) is 6.52. The Morgan fingerprint density at radius 1 is 1.44 bits per heavy atom. The van der Waals surface area contributed by atoms with Crippen molar-refractivity contribution < 1.29 is 4.74 Å². The first-order valence-corrected chi connectivity index (χ1v) is 6.90. The molecule has 3 nitrogen and oxygen atoms in total. The van der Waals surface area contributed by atoms with Crippen LogP contribution in [0.1, 0.15) is 38.4 Å². The molecule has 0 saturated heterocycles.